The molecule has 2 aromatic rings. The molecule has 4 nitrogen and oxygen atoms in total. The van der Waals surface area contributed by atoms with Gasteiger partial charge in [0.15, 0.2) is 0 Å². The second kappa shape index (κ2) is 15.0. The molecule has 3 rings (SSSR count). The molecule has 0 spiro atoms. The van der Waals surface area contributed by atoms with Gasteiger partial charge in [0.2, 0.25) is 0 Å². The first-order chi connectivity index (χ1) is 16.0. The van der Waals surface area contributed by atoms with E-state index in [-0.39, 0.29) is 0 Å². The Morgan fingerprint density at radius 2 is 1.67 bits per heavy atom. The monoisotopic (exact) mass is 473 g/mol. The first kappa shape index (κ1) is 29.0. The highest BCUT2D eigenvalue weighted by Crippen LogP contribution is 2.64. The molecule has 1 heterocycles. The van der Waals surface area contributed by atoms with Gasteiger partial charge in [-0.3, -0.25) is 8.37 Å². The fourth-order valence-corrected chi connectivity index (χ4v) is 7.24. The lowest BCUT2D eigenvalue weighted by atomic mass is 9.77. The maximum Gasteiger partial charge on any atom is 0.119 e. The minimum atomic E-state index is -1.70. The van der Waals surface area contributed by atoms with Gasteiger partial charge in [-0.15, -0.1) is 0 Å². The first-order valence-corrected chi connectivity index (χ1v) is 13.7. The van der Waals surface area contributed by atoms with Crippen LogP contribution in [0, 0.1) is 16.7 Å². The number of rotatable bonds is 7. The molecule has 0 aromatic heterocycles. The van der Waals surface area contributed by atoms with Gasteiger partial charge in [0.25, 0.3) is 0 Å². The maximum absolute atomic E-state index is 8.29. The van der Waals surface area contributed by atoms with Crippen molar-refractivity contribution in [3.05, 3.63) is 59.7 Å². The van der Waals surface area contributed by atoms with E-state index >= 15 is 0 Å². The molecule has 0 aliphatic carbocycles. The Morgan fingerprint density at radius 1 is 1.00 bits per heavy atom. The summed E-state index contributed by atoms with van der Waals surface area (Å²) in [5.41, 5.74) is 2.35. The normalized spacial score (nSPS) is 19.2. The lowest BCUT2D eigenvalue weighted by Crippen LogP contribution is -2.28. The molecule has 1 aliphatic heterocycles. The zero-order valence-electron chi connectivity index (χ0n) is 21.6. The van der Waals surface area contributed by atoms with Crippen LogP contribution in [-0.4, -0.2) is 27.1 Å². The van der Waals surface area contributed by atoms with Crippen molar-refractivity contribution < 1.29 is 13.1 Å². The maximum atomic E-state index is 8.29. The number of methoxy groups -OCH3 is 1. The van der Waals surface area contributed by atoms with Crippen molar-refractivity contribution in [1.82, 2.24) is 0 Å². The summed E-state index contributed by atoms with van der Waals surface area (Å²) < 4.78 is 17.6. The van der Waals surface area contributed by atoms with E-state index in [1.54, 1.807) is 33.5 Å². The van der Waals surface area contributed by atoms with Gasteiger partial charge in [-0.25, -0.2) is 0 Å². The van der Waals surface area contributed by atoms with Crippen molar-refractivity contribution in [2.45, 2.75) is 71.1 Å². The number of unbranched alkanes of at least 4 members (excludes halogenated alkanes) is 1. The molecule has 0 amide bonds. The third-order valence-electron chi connectivity index (χ3n) is 6.28. The summed E-state index contributed by atoms with van der Waals surface area (Å²) in [6, 6.07) is 17.5. The lowest BCUT2D eigenvalue weighted by molar-refractivity contribution is 0.244. The quantitative estimate of drug-likeness (QED) is 0.407. The van der Waals surface area contributed by atoms with Crippen LogP contribution in [0.1, 0.15) is 70.9 Å². The number of hydrogen-bond donors (Lipinski definition) is 0. The number of fused-ring (bicyclic) bond motifs is 1. The summed E-state index contributed by atoms with van der Waals surface area (Å²) in [5, 5.41) is 8.29. The smallest absolute Gasteiger partial charge is 0.119 e. The van der Waals surface area contributed by atoms with Gasteiger partial charge < -0.3 is 4.74 Å². The van der Waals surface area contributed by atoms with Crippen molar-refractivity contribution in [2.75, 3.05) is 27.1 Å². The summed E-state index contributed by atoms with van der Waals surface area (Å²) in [6.07, 6.45) is 7.23. The van der Waals surface area contributed by atoms with Gasteiger partial charge >= 0.3 is 0 Å². The standard InChI is InChI=1S/C19H32O3S.C7H5N.C2H6/c1-6-8-12-19(7-2)13-11-16-14-17(20-3)9-10-18(16)23(15-19,21-4)22-5;8-6-7-4-2-1-3-5-7;1-2/h9-10,14H,6-8,11-13,15H2,1-5H3;1-5H;1-2H3. The van der Waals surface area contributed by atoms with Gasteiger partial charge in [0.1, 0.15) is 5.75 Å². The molecule has 33 heavy (non-hydrogen) atoms. The van der Waals surface area contributed by atoms with Crippen LogP contribution < -0.4 is 4.74 Å². The van der Waals surface area contributed by atoms with Crippen LogP contribution in [0.2, 0.25) is 0 Å². The van der Waals surface area contributed by atoms with Crippen LogP contribution in [0.25, 0.3) is 0 Å². The van der Waals surface area contributed by atoms with Crippen molar-refractivity contribution in [1.29, 1.82) is 5.26 Å². The van der Waals surface area contributed by atoms with E-state index in [0.717, 1.165) is 17.9 Å². The number of aryl methyl sites for hydroxylation is 1. The highest BCUT2D eigenvalue weighted by molar-refractivity contribution is 8.26. The highest BCUT2D eigenvalue weighted by Gasteiger charge is 2.40. The molecule has 1 aliphatic rings. The van der Waals surface area contributed by atoms with Crippen molar-refractivity contribution in [3.8, 4) is 11.8 Å². The Morgan fingerprint density at radius 3 is 2.15 bits per heavy atom. The SMILES string of the molecule is CC.CCCCC1(CC)CCc2cc(OC)ccc2S(OC)(OC)C1.N#Cc1ccccc1. The third kappa shape index (κ3) is 7.78. The summed E-state index contributed by atoms with van der Waals surface area (Å²) in [4.78, 5) is 1.25. The molecule has 0 saturated carbocycles. The molecule has 0 radical (unpaired) electrons. The van der Waals surface area contributed by atoms with Crippen LogP contribution in [0.5, 0.6) is 5.75 Å². The van der Waals surface area contributed by atoms with Crippen LogP contribution in [0.15, 0.2) is 53.4 Å². The van der Waals surface area contributed by atoms with Gasteiger partial charge in [0, 0.05) is 5.75 Å². The number of nitrogens with zero attached hydrogens (tertiary/aromatic N) is 1. The first-order valence-electron chi connectivity index (χ1n) is 12.1. The number of hydrogen-bond acceptors (Lipinski definition) is 4. The zero-order chi connectivity index (χ0) is 24.7. The summed E-state index contributed by atoms with van der Waals surface area (Å²) in [6.45, 7) is 8.59. The van der Waals surface area contributed by atoms with Crippen LogP contribution >= 0.6 is 10.6 Å². The second-order valence-corrected chi connectivity index (χ2v) is 10.6. The Bertz CT molecular complexity index is 846. The molecular formula is C28H43NO3S. The molecular weight excluding hydrogens is 430 g/mol. The molecule has 5 heteroatoms. The highest BCUT2D eigenvalue weighted by atomic mass is 32.3. The predicted octanol–water partition coefficient (Wildman–Crippen LogP) is 8.10. The number of ether oxygens (including phenoxy) is 1. The Kier molecular flexibility index (Phi) is 13.2. The topological polar surface area (TPSA) is 51.5 Å². The molecule has 0 saturated heterocycles. The van der Waals surface area contributed by atoms with E-state index in [9.17, 15) is 0 Å². The lowest BCUT2D eigenvalue weighted by Gasteiger charge is -2.47. The Hall–Kier alpha value is -2.00. The van der Waals surface area contributed by atoms with Crippen LogP contribution in [0.3, 0.4) is 0 Å². The minimum absolute atomic E-state index is 0.309. The molecule has 1 unspecified atom stereocenters. The average Bonchev–Trinajstić information content (AvgIpc) is 3.04. The molecule has 0 bridgehead atoms. The molecule has 184 valence electrons. The van der Waals surface area contributed by atoms with E-state index in [2.05, 4.69) is 26.0 Å². The van der Waals surface area contributed by atoms with Gasteiger partial charge in [-0.1, -0.05) is 58.7 Å². The van der Waals surface area contributed by atoms with Gasteiger partial charge in [-0.2, -0.15) is 15.9 Å². The fraction of sp³-hybridized carbons (Fsp3) is 0.536. The predicted molar refractivity (Wildman–Crippen MR) is 141 cm³/mol. The summed E-state index contributed by atoms with van der Waals surface area (Å²) in [7, 11) is 3.63. The Labute approximate surface area is 204 Å². The number of nitriles is 1. The summed E-state index contributed by atoms with van der Waals surface area (Å²) in [5.74, 6) is 1.92. The molecule has 0 fully saturated rings. The molecule has 1 atom stereocenters. The minimum Gasteiger partial charge on any atom is -0.497 e. The van der Waals surface area contributed by atoms with Crippen LogP contribution in [-0.2, 0) is 14.8 Å². The average molecular weight is 474 g/mol. The molecule has 2 aromatic carbocycles. The van der Waals surface area contributed by atoms with E-state index in [1.807, 2.05) is 44.2 Å². The largest absolute Gasteiger partial charge is 0.497 e. The fourth-order valence-electron chi connectivity index (χ4n) is 4.22. The number of benzene rings is 2. The van der Waals surface area contributed by atoms with E-state index in [4.69, 9.17) is 18.4 Å². The Balaban J connectivity index is 0.000000454. The molecule has 0 N–H and O–H groups in total. The van der Waals surface area contributed by atoms with Crippen LogP contribution in [0.4, 0.5) is 0 Å². The third-order valence-corrected chi connectivity index (χ3v) is 9.41. The van der Waals surface area contributed by atoms with Crippen molar-refractivity contribution in [3.63, 3.8) is 0 Å². The van der Waals surface area contributed by atoms with E-state index < -0.39 is 10.6 Å². The van der Waals surface area contributed by atoms with Crippen molar-refractivity contribution in [2.24, 2.45) is 5.41 Å². The van der Waals surface area contributed by atoms with E-state index in [0.29, 0.717) is 11.0 Å². The van der Waals surface area contributed by atoms with E-state index in [1.165, 1.54) is 42.6 Å². The van der Waals surface area contributed by atoms with Gasteiger partial charge in [0.05, 0.1) is 37.9 Å². The van der Waals surface area contributed by atoms with Gasteiger partial charge in [-0.05, 0) is 67.0 Å². The summed E-state index contributed by atoms with van der Waals surface area (Å²) >= 11 is 0. The zero-order valence-corrected chi connectivity index (χ0v) is 22.5. The van der Waals surface area contributed by atoms with Crippen molar-refractivity contribution >= 4 is 10.6 Å². The second-order valence-electron chi connectivity index (χ2n) is 8.00.